The van der Waals surface area contributed by atoms with E-state index in [1.54, 1.807) is 4.68 Å². The summed E-state index contributed by atoms with van der Waals surface area (Å²) in [5, 5.41) is 16.0. The summed E-state index contributed by atoms with van der Waals surface area (Å²) in [5.74, 6) is -0.836. The highest BCUT2D eigenvalue weighted by Crippen LogP contribution is 2.34. The van der Waals surface area contributed by atoms with Gasteiger partial charge >= 0.3 is 0 Å². The van der Waals surface area contributed by atoms with Gasteiger partial charge in [-0.25, -0.2) is 0 Å². The third-order valence-electron chi connectivity index (χ3n) is 4.09. The fourth-order valence-corrected chi connectivity index (χ4v) is 2.73. The zero-order chi connectivity index (χ0) is 16.3. The Morgan fingerprint density at radius 2 is 2.14 bits per heavy atom. The van der Waals surface area contributed by atoms with Gasteiger partial charge in [0.05, 0.1) is 18.0 Å². The average molecular weight is 304 g/mol. The number of piperidine rings is 1. The minimum atomic E-state index is -0.657. The molecule has 8 heteroatoms. The van der Waals surface area contributed by atoms with E-state index in [2.05, 4.69) is 21.4 Å². The lowest BCUT2D eigenvalue weighted by Crippen LogP contribution is -2.45. The van der Waals surface area contributed by atoms with Crippen LogP contribution in [0.5, 0.6) is 0 Å². The zero-order valence-corrected chi connectivity index (χ0v) is 12.8. The van der Waals surface area contributed by atoms with Crippen LogP contribution in [0.15, 0.2) is 6.20 Å². The van der Waals surface area contributed by atoms with Gasteiger partial charge in [-0.05, 0) is 19.9 Å². The molecule has 2 amide bonds. The van der Waals surface area contributed by atoms with E-state index < -0.39 is 11.4 Å². The molecule has 118 valence electrons. The Bertz CT molecular complexity index is 622. The van der Waals surface area contributed by atoms with Crippen LogP contribution < -0.4 is 11.1 Å². The van der Waals surface area contributed by atoms with E-state index in [0.717, 1.165) is 25.9 Å². The third kappa shape index (κ3) is 3.09. The van der Waals surface area contributed by atoms with E-state index in [1.165, 1.54) is 13.1 Å². The lowest BCUT2D eigenvalue weighted by atomic mass is 9.85. The van der Waals surface area contributed by atoms with E-state index >= 15 is 0 Å². The smallest absolute Gasteiger partial charge is 0.254 e. The Morgan fingerprint density at radius 1 is 1.50 bits per heavy atom. The number of amides is 2. The number of nitriles is 1. The van der Waals surface area contributed by atoms with Crippen molar-refractivity contribution in [2.24, 2.45) is 5.73 Å². The number of carbonyl (C=O) groups excluding carboxylic acids is 2. The van der Waals surface area contributed by atoms with Crippen molar-refractivity contribution in [1.29, 1.82) is 5.26 Å². The van der Waals surface area contributed by atoms with Crippen molar-refractivity contribution in [2.75, 3.05) is 25.5 Å². The highest BCUT2D eigenvalue weighted by atomic mass is 16.2. The van der Waals surface area contributed by atoms with Crippen LogP contribution in [-0.2, 0) is 10.3 Å². The summed E-state index contributed by atoms with van der Waals surface area (Å²) in [7, 11) is 2.02. The third-order valence-corrected chi connectivity index (χ3v) is 4.09. The van der Waals surface area contributed by atoms with Gasteiger partial charge in [-0.3, -0.25) is 14.3 Å². The summed E-state index contributed by atoms with van der Waals surface area (Å²) >= 11 is 0. The number of hydrogen-bond donors (Lipinski definition) is 2. The molecule has 2 heterocycles. The van der Waals surface area contributed by atoms with Crippen LogP contribution in [0.25, 0.3) is 0 Å². The molecule has 1 aliphatic rings. The van der Waals surface area contributed by atoms with E-state index in [-0.39, 0.29) is 17.3 Å². The molecule has 0 unspecified atom stereocenters. The Morgan fingerprint density at radius 3 is 2.64 bits per heavy atom. The quantitative estimate of drug-likeness (QED) is 0.828. The molecule has 0 aromatic carbocycles. The van der Waals surface area contributed by atoms with Gasteiger partial charge in [0.15, 0.2) is 5.82 Å². The number of rotatable bonds is 4. The Hall–Kier alpha value is -2.40. The molecule has 1 aliphatic heterocycles. The van der Waals surface area contributed by atoms with Gasteiger partial charge in [-0.2, -0.15) is 10.4 Å². The van der Waals surface area contributed by atoms with Crippen LogP contribution in [0, 0.1) is 11.3 Å². The zero-order valence-electron chi connectivity index (χ0n) is 12.8. The molecular weight excluding hydrogens is 284 g/mol. The number of carbonyl (C=O) groups is 2. The fourth-order valence-electron chi connectivity index (χ4n) is 2.73. The monoisotopic (exact) mass is 304 g/mol. The molecule has 0 aliphatic carbocycles. The highest BCUT2D eigenvalue weighted by molar-refractivity contribution is 6.01. The Labute approximate surface area is 128 Å². The number of hydrogen-bond acceptors (Lipinski definition) is 5. The van der Waals surface area contributed by atoms with Crippen LogP contribution in [-0.4, -0.2) is 46.6 Å². The molecule has 0 saturated carbocycles. The largest absolute Gasteiger partial charge is 0.365 e. The molecule has 0 bridgehead atoms. The van der Waals surface area contributed by atoms with Gasteiger partial charge in [-0.1, -0.05) is 0 Å². The maximum Gasteiger partial charge on any atom is 0.254 e. The fraction of sp³-hybridized carbons (Fsp3) is 0.571. The minimum Gasteiger partial charge on any atom is -0.365 e. The summed E-state index contributed by atoms with van der Waals surface area (Å²) in [6.07, 6.45) is 3.32. The second-order valence-corrected chi connectivity index (χ2v) is 5.74. The predicted octanol–water partition coefficient (Wildman–Crippen LogP) is 0.275. The standard InChI is InChI=1S/C14H20N6O2/c1-10(21)17-13-11(12(16)22)9-20(18-13)14(3-6-15)4-7-19(2)8-5-14/h9H,3-5,7-8H2,1-2H3,(H2,16,22)(H,17,18,21). The van der Waals surface area contributed by atoms with E-state index in [4.69, 9.17) is 5.73 Å². The van der Waals surface area contributed by atoms with Crippen molar-refractivity contribution in [3.63, 3.8) is 0 Å². The maximum absolute atomic E-state index is 11.6. The van der Waals surface area contributed by atoms with Crippen molar-refractivity contribution in [3.8, 4) is 6.07 Å². The molecule has 0 spiro atoms. The van der Waals surface area contributed by atoms with Crippen LogP contribution >= 0.6 is 0 Å². The number of anilines is 1. The molecule has 0 radical (unpaired) electrons. The lowest BCUT2D eigenvalue weighted by Gasteiger charge is -2.39. The number of primary amides is 1. The molecule has 1 saturated heterocycles. The molecule has 0 atom stereocenters. The van der Waals surface area contributed by atoms with E-state index in [1.807, 2.05) is 7.05 Å². The van der Waals surface area contributed by atoms with E-state index in [9.17, 15) is 14.9 Å². The summed E-state index contributed by atoms with van der Waals surface area (Å²) in [5.41, 5.74) is 5.04. The lowest BCUT2D eigenvalue weighted by molar-refractivity contribution is -0.114. The number of nitrogens with zero attached hydrogens (tertiary/aromatic N) is 4. The second-order valence-electron chi connectivity index (χ2n) is 5.74. The molecular formula is C14H20N6O2. The van der Waals surface area contributed by atoms with Gasteiger partial charge in [0, 0.05) is 26.2 Å². The van der Waals surface area contributed by atoms with Gasteiger partial charge in [0.1, 0.15) is 5.56 Å². The van der Waals surface area contributed by atoms with Gasteiger partial charge in [-0.15, -0.1) is 0 Å². The Kier molecular flexibility index (Phi) is 4.47. The first-order valence-corrected chi connectivity index (χ1v) is 7.11. The van der Waals surface area contributed by atoms with Crippen LogP contribution in [0.3, 0.4) is 0 Å². The van der Waals surface area contributed by atoms with Crippen molar-refractivity contribution < 1.29 is 9.59 Å². The first kappa shape index (κ1) is 16.0. The minimum absolute atomic E-state index is 0.149. The SMILES string of the molecule is CC(=O)Nc1nn(C2(CC#N)CCN(C)CC2)cc1C(N)=O. The first-order chi connectivity index (χ1) is 10.4. The maximum atomic E-state index is 11.6. The second kappa shape index (κ2) is 6.15. The van der Waals surface area contributed by atoms with Crippen molar-refractivity contribution in [1.82, 2.24) is 14.7 Å². The molecule has 2 rings (SSSR count). The molecule has 1 aromatic rings. The average Bonchev–Trinajstić information content (AvgIpc) is 2.85. The van der Waals surface area contributed by atoms with Crippen molar-refractivity contribution >= 4 is 17.6 Å². The Balaban J connectivity index is 2.42. The summed E-state index contributed by atoms with van der Waals surface area (Å²) in [6.45, 7) is 3.01. The summed E-state index contributed by atoms with van der Waals surface area (Å²) < 4.78 is 1.63. The summed E-state index contributed by atoms with van der Waals surface area (Å²) in [6, 6.07) is 2.21. The molecule has 8 nitrogen and oxygen atoms in total. The van der Waals surface area contributed by atoms with Crippen LogP contribution in [0.2, 0.25) is 0 Å². The summed E-state index contributed by atoms with van der Waals surface area (Å²) in [4.78, 5) is 25.0. The van der Waals surface area contributed by atoms with Crippen LogP contribution in [0.1, 0.15) is 36.5 Å². The molecule has 1 aromatic heterocycles. The number of nitrogens with two attached hydrogens (primary N) is 1. The molecule has 3 N–H and O–H groups in total. The first-order valence-electron chi connectivity index (χ1n) is 7.11. The normalized spacial score (nSPS) is 17.7. The van der Waals surface area contributed by atoms with Gasteiger partial charge in [0.2, 0.25) is 5.91 Å². The highest BCUT2D eigenvalue weighted by Gasteiger charge is 2.37. The van der Waals surface area contributed by atoms with Crippen LogP contribution in [0.4, 0.5) is 5.82 Å². The van der Waals surface area contributed by atoms with Crippen molar-refractivity contribution in [3.05, 3.63) is 11.8 Å². The van der Waals surface area contributed by atoms with E-state index in [0.29, 0.717) is 6.42 Å². The number of likely N-dealkylation sites (tertiary alicyclic amines) is 1. The predicted molar refractivity (Wildman–Crippen MR) is 80.0 cm³/mol. The van der Waals surface area contributed by atoms with Gasteiger partial charge in [0.25, 0.3) is 5.91 Å². The topological polar surface area (TPSA) is 117 Å². The molecule has 1 fully saturated rings. The van der Waals surface area contributed by atoms with Crippen molar-refractivity contribution in [2.45, 2.75) is 31.7 Å². The number of aromatic nitrogens is 2. The van der Waals surface area contributed by atoms with Gasteiger partial charge < -0.3 is 16.0 Å². The number of nitrogens with one attached hydrogen (secondary N) is 1. The molecule has 22 heavy (non-hydrogen) atoms.